The van der Waals surface area contributed by atoms with Gasteiger partial charge in [0.05, 0.1) is 16.6 Å². The van der Waals surface area contributed by atoms with Crippen LogP contribution in [0.15, 0.2) is 41.3 Å². The molecule has 0 saturated carbocycles. The van der Waals surface area contributed by atoms with Gasteiger partial charge in [-0.25, -0.2) is 4.98 Å². The van der Waals surface area contributed by atoms with Gasteiger partial charge in [0.15, 0.2) is 5.65 Å². The first kappa shape index (κ1) is 19.7. The van der Waals surface area contributed by atoms with E-state index in [1.165, 1.54) is 0 Å². The van der Waals surface area contributed by atoms with Crippen molar-refractivity contribution in [1.29, 1.82) is 0 Å². The Hall–Kier alpha value is -1.62. The van der Waals surface area contributed by atoms with Crippen molar-refractivity contribution < 1.29 is 5.11 Å². The molecule has 0 atom stereocenters. The molecule has 3 aromatic rings. The largest absolute Gasteiger partial charge is 0.507 e. The van der Waals surface area contributed by atoms with Gasteiger partial charge < -0.3 is 5.11 Å². The fourth-order valence-electron chi connectivity index (χ4n) is 3.20. The second kappa shape index (κ2) is 8.17. The number of fused-ring (bicyclic) bond motifs is 1. The maximum absolute atomic E-state index is 13.2. The Balaban J connectivity index is 0.00000225. The number of pyridine rings is 2. The fourth-order valence-corrected chi connectivity index (χ4v) is 3.20. The number of hydrogen-bond donors (Lipinski definition) is 1. The molecule has 2 aromatic heterocycles. The van der Waals surface area contributed by atoms with Crippen molar-refractivity contribution in [2.45, 2.75) is 40.0 Å². The molecule has 1 N–H and O–H groups in total. The average Bonchev–Trinajstić information content (AvgIpc) is 2.57. The van der Waals surface area contributed by atoms with Crippen LogP contribution in [0.25, 0.3) is 16.7 Å². The predicted octanol–water partition coefficient (Wildman–Crippen LogP) is 3.67. The van der Waals surface area contributed by atoms with Crippen LogP contribution in [-0.2, 0) is 6.42 Å². The summed E-state index contributed by atoms with van der Waals surface area (Å²) >= 11 is 0. The molecule has 0 bridgehead atoms. The van der Waals surface area contributed by atoms with Crippen LogP contribution in [0.4, 0.5) is 0 Å². The summed E-state index contributed by atoms with van der Waals surface area (Å²) in [6.45, 7) is 6.05. The minimum atomic E-state index is -0.176. The number of rotatable bonds is 4. The molecule has 25 heavy (non-hydrogen) atoms. The second-order valence-electron chi connectivity index (χ2n) is 6.19. The van der Waals surface area contributed by atoms with E-state index in [9.17, 15) is 9.90 Å². The van der Waals surface area contributed by atoms with Crippen LogP contribution in [0, 0.1) is 13.8 Å². The summed E-state index contributed by atoms with van der Waals surface area (Å²) in [6, 6.07) is 9.55. The predicted molar refractivity (Wildman–Crippen MR) is 103 cm³/mol. The number of aromatic nitrogens is 2. The van der Waals surface area contributed by atoms with E-state index < -0.39 is 0 Å². The van der Waals surface area contributed by atoms with Crippen molar-refractivity contribution in [2.24, 2.45) is 0 Å². The molecule has 3 rings (SSSR count). The molecule has 0 spiro atoms. The molecule has 4 nitrogen and oxygen atoms in total. The third-order valence-electron chi connectivity index (χ3n) is 4.44. The Morgan fingerprint density at radius 1 is 1.12 bits per heavy atom. The van der Waals surface area contributed by atoms with Gasteiger partial charge in [0, 0.05) is 35.8 Å². The van der Waals surface area contributed by atoms with Gasteiger partial charge in [-0.1, -0.05) is 31.5 Å². The molecule has 0 saturated heterocycles. The average molecular weight is 345 g/mol. The van der Waals surface area contributed by atoms with E-state index in [0.29, 0.717) is 23.0 Å². The van der Waals surface area contributed by atoms with Crippen LogP contribution >= 0.6 is 0 Å². The van der Waals surface area contributed by atoms with Crippen LogP contribution in [0.3, 0.4) is 0 Å². The molecule has 125 valence electrons. The zero-order valence-corrected chi connectivity index (χ0v) is 17.3. The summed E-state index contributed by atoms with van der Waals surface area (Å²) in [5.41, 5.74) is 3.67. The van der Waals surface area contributed by atoms with E-state index in [1.807, 2.05) is 38.1 Å². The van der Waals surface area contributed by atoms with Crippen molar-refractivity contribution in [3.05, 3.63) is 63.6 Å². The molecule has 0 fully saturated rings. The fraction of sp³-hybridized carbons (Fsp3) is 0.300. The van der Waals surface area contributed by atoms with Crippen molar-refractivity contribution in [3.8, 4) is 11.4 Å². The third kappa shape index (κ3) is 3.52. The molecular weight excluding hydrogens is 323 g/mol. The quantitative estimate of drug-likeness (QED) is 0.734. The number of aryl methyl sites for hydroxylation is 2. The molecule has 0 aliphatic carbocycles. The first-order chi connectivity index (χ1) is 11.6. The second-order valence-corrected chi connectivity index (χ2v) is 6.19. The zero-order chi connectivity index (χ0) is 17.3. The number of unbranched alkanes of at least 4 members (excludes halogenated alkanes) is 1. The van der Waals surface area contributed by atoms with E-state index in [2.05, 4.69) is 11.9 Å². The summed E-state index contributed by atoms with van der Waals surface area (Å²) < 4.78 is 1.66. The molecule has 5 heteroatoms. The van der Waals surface area contributed by atoms with Gasteiger partial charge in [-0.2, -0.15) is 0 Å². The number of benzene rings is 1. The Labute approximate surface area is 169 Å². The molecule has 0 aliphatic heterocycles. The van der Waals surface area contributed by atoms with Crippen LogP contribution in [0.2, 0.25) is 0 Å². The molecule has 0 amide bonds. The summed E-state index contributed by atoms with van der Waals surface area (Å²) in [4.78, 5) is 17.6. The maximum Gasteiger partial charge on any atom is 0.263 e. The van der Waals surface area contributed by atoms with E-state index in [1.54, 1.807) is 16.8 Å². The van der Waals surface area contributed by atoms with Gasteiger partial charge in [0.1, 0.15) is 5.75 Å². The molecule has 2 heterocycles. The SMILES string of the molecule is CCCCc1c(O)c2cccnc2n(-c2c(C)cccc2C)c1=O.[Na]. The first-order valence-corrected chi connectivity index (χ1v) is 8.34. The van der Waals surface area contributed by atoms with E-state index >= 15 is 0 Å². The van der Waals surface area contributed by atoms with E-state index in [0.717, 1.165) is 29.7 Å². The van der Waals surface area contributed by atoms with Gasteiger partial charge in [-0.05, 0) is 49.9 Å². The van der Waals surface area contributed by atoms with Crippen LogP contribution in [0.1, 0.15) is 36.5 Å². The number of nitrogens with zero attached hydrogens (tertiary/aromatic N) is 2. The molecular formula is C20H22N2NaO2. The van der Waals surface area contributed by atoms with Gasteiger partial charge in [0.2, 0.25) is 0 Å². The summed E-state index contributed by atoms with van der Waals surface area (Å²) in [5.74, 6) is 0.0686. The van der Waals surface area contributed by atoms with Gasteiger partial charge in [-0.3, -0.25) is 9.36 Å². The summed E-state index contributed by atoms with van der Waals surface area (Å²) in [5, 5.41) is 11.2. The van der Waals surface area contributed by atoms with Gasteiger partial charge in [0.25, 0.3) is 5.56 Å². The molecule has 0 unspecified atom stereocenters. The van der Waals surface area contributed by atoms with Gasteiger partial charge in [-0.15, -0.1) is 0 Å². The van der Waals surface area contributed by atoms with Crippen molar-refractivity contribution in [3.63, 3.8) is 0 Å². The Bertz CT molecular complexity index is 944. The number of para-hydroxylation sites is 1. The van der Waals surface area contributed by atoms with E-state index in [4.69, 9.17) is 0 Å². The zero-order valence-electron chi connectivity index (χ0n) is 15.3. The Morgan fingerprint density at radius 2 is 1.80 bits per heavy atom. The standard InChI is InChI=1S/C20H22N2O2.Na/c1-4-5-10-16-18(23)15-11-7-12-21-19(15)22(20(16)24)17-13(2)8-6-9-14(17)3;/h6-9,11-12,23H,4-5,10H2,1-3H3;. The number of hydrogen-bond acceptors (Lipinski definition) is 3. The summed E-state index contributed by atoms with van der Waals surface area (Å²) in [7, 11) is 0. The minimum absolute atomic E-state index is 0. The molecule has 0 aliphatic rings. The smallest absolute Gasteiger partial charge is 0.263 e. The van der Waals surface area contributed by atoms with Gasteiger partial charge >= 0.3 is 0 Å². The van der Waals surface area contributed by atoms with Crippen molar-refractivity contribution in [1.82, 2.24) is 9.55 Å². The maximum atomic E-state index is 13.2. The number of aromatic hydroxyl groups is 1. The molecule has 1 aromatic carbocycles. The summed E-state index contributed by atoms with van der Waals surface area (Å²) in [6.07, 6.45) is 4.04. The normalized spacial score (nSPS) is 10.7. The third-order valence-corrected chi connectivity index (χ3v) is 4.44. The van der Waals surface area contributed by atoms with Crippen molar-refractivity contribution in [2.75, 3.05) is 0 Å². The topological polar surface area (TPSA) is 55.1 Å². The first-order valence-electron chi connectivity index (χ1n) is 8.34. The molecule has 1 radical (unpaired) electrons. The monoisotopic (exact) mass is 345 g/mol. The van der Waals surface area contributed by atoms with Crippen molar-refractivity contribution >= 4 is 40.6 Å². The van der Waals surface area contributed by atoms with E-state index in [-0.39, 0.29) is 40.9 Å². The minimum Gasteiger partial charge on any atom is -0.507 e. The van der Waals surface area contributed by atoms with Crippen LogP contribution < -0.4 is 5.56 Å². The Morgan fingerprint density at radius 3 is 2.44 bits per heavy atom. The Kier molecular flexibility index (Phi) is 6.44. The van der Waals surface area contributed by atoms with Crippen LogP contribution in [-0.4, -0.2) is 44.2 Å². The van der Waals surface area contributed by atoms with Crippen LogP contribution in [0.5, 0.6) is 5.75 Å².